The summed E-state index contributed by atoms with van der Waals surface area (Å²) >= 11 is 0. The highest BCUT2D eigenvalue weighted by molar-refractivity contribution is 6.06. The number of aromatic nitrogens is 1. The first-order chi connectivity index (χ1) is 12.0. The van der Waals surface area contributed by atoms with Gasteiger partial charge in [0.1, 0.15) is 5.82 Å². The van der Waals surface area contributed by atoms with Crippen LogP contribution in [0.1, 0.15) is 21.6 Å². The number of hydrogen-bond donors (Lipinski definition) is 2. The van der Waals surface area contributed by atoms with E-state index in [1.165, 1.54) is 18.2 Å². The van der Waals surface area contributed by atoms with Crippen molar-refractivity contribution < 1.29 is 14.0 Å². The van der Waals surface area contributed by atoms with E-state index in [9.17, 15) is 14.0 Å². The molecule has 0 aliphatic rings. The van der Waals surface area contributed by atoms with E-state index in [1.54, 1.807) is 13.0 Å². The maximum atomic E-state index is 13.5. The second kappa shape index (κ2) is 7.09. The fourth-order valence-electron chi connectivity index (χ4n) is 2.54. The summed E-state index contributed by atoms with van der Waals surface area (Å²) in [6.45, 7) is 1.74. The van der Waals surface area contributed by atoms with Gasteiger partial charge in [0.15, 0.2) is 0 Å². The van der Waals surface area contributed by atoms with E-state index >= 15 is 0 Å². The van der Waals surface area contributed by atoms with Gasteiger partial charge < -0.3 is 0 Å². The molecule has 0 saturated heterocycles. The quantitative estimate of drug-likeness (QED) is 0.722. The molecule has 126 valence electrons. The molecule has 6 heteroatoms. The predicted molar refractivity (Wildman–Crippen MR) is 92.2 cm³/mol. The fraction of sp³-hybridized carbons (Fsp3) is 0.105. The van der Waals surface area contributed by atoms with Gasteiger partial charge in [0.05, 0.1) is 17.5 Å². The Morgan fingerprint density at radius 1 is 1.04 bits per heavy atom. The zero-order valence-corrected chi connectivity index (χ0v) is 13.5. The van der Waals surface area contributed by atoms with E-state index in [0.717, 1.165) is 5.56 Å². The van der Waals surface area contributed by atoms with Gasteiger partial charge in [-0.25, -0.2) is 4.39 Å². The highest BCUT2D eigenvalue weighted by Gasteiger charge is 2.14. The minimum atomic E-state index is -0.525. The molecular weight excluding hydrogens is 321 g/mol. The molecule has 5 nitrogen and oxygen atoms in total. The van der Waals surface area contributed by atoms with Crippen molar-refractivity contribution >= 4 is 22.7 Å². The summed E-state index contributed by atoms with van der Waals surface area (Å²) < 4.78 is 13.5. The Balaban J connectivity index is 1.74. The van der Waals surface area contributed by atoms with Gasteiger partial charge in [0.25, 0.3) is 5.91 Å². The highest BCUT2D eigenvalue weighted by Crippen LogP contribution is 2.19. The van der Waals surface area contributed by atoms with Gasteiger partial charge in [-0.1, -0.05) is 30.3 Å². The molecule has 0 bridgehead atoms. The van der Waals surface area contributed by atoms with Crippen molar-refractivity contribution in [1.82, 2.24) is 15.8 Å². The monoisotopic (exact) mass is 337 g/mol. The Hall–Kier alpha value is -3.28. The highest BCUT2D eigenvalue weighted by atomic mass is 19.1. The summed E-state index contributed by atoms with van der Waals surface area (Å²) in [5.74, 6) is -1.33. The Labute approximate surface area is 143 Å². The summed E-state index contributed by atoms with van der Waals surface area (Å²) in [4.78, 5) is 28.6. The van der Waals surface area contributed by atoms with Crippen molar-refractivity contribution in [2.24, 2.45) is 0 Å². The zero-order chi connectivity index (χ0) is 17.8. The maximum absolute atomic E-state index is 13.5. The third kappa shape index (κ3) is 3.98. The molecular formula is C19H16FN3O2. The van der Waals surface area contributed by atoms with Gasteiger partial charge in [-0.05, 0) is 36.8 Å². The van der Waals surface area contributed by atoms with Crippen LogP contribution in [0.3, 0.4) is 0 Å². The number of amides is 2. The number of aryl methyl sites for hydroxylation is 1. The molecule has 1 aromatic heterocycles. The first-order valence-electron chi connectivity index (χ1n) is 7.73. The van der Waals surface area contributed by atoms with Gasteiger partial charge in [-0.2, -0.15) is 0 Å². The normalized spacial score (nSPS) is 10.5. The van der Waals surface area contributed by atoms with Crippen LogP contribution in [0.5, 0.6) is 0 Å². The van der Waals surface area contributed by atoms with Crippen LogP contribution >= 0.6 is 0 Å². The number of fused-ring (bicyclic) bond motifs is 1. The molecule has 0 fully saturated rings. The van der Waals surface area contributed by atoms with Crippen LogP contribution in [0.25, 0.3) is 10.9 Å². The summed E-state index contributed by atoms with van der Waals surface area (Å²) in [5.41, 5.74) is 6.97. The molecule has 3 aromatic rings. The first-order valence-corrected chi connectivity index (χ1v) is 7.73. The lowest BCUT2D eigenvalue weighted by molar-refractivity contribution is -0.121. The first kappa shape index (κ1) is 16.6. The Bertz CT molecular complexity index is 942. The van der Waals surface area contributed by atoms with Gasteiger partial charge in [-0.3, -0.25) is 25.4 Å². The van der Waals surface area contributed by atoms with E-state index in [-0.39, 0.29) is 17.9 Å². The lowest BCUT2D eigenvalue weighted by atomic mass is 10.1. The Kier molecular flexibility index (Phi) is 4.70. The molecule has 1 heterocycles. The van der Waals surface area contributed by atoms with Gasteiger partial charge in [-0.15, -0.1) is 0 Å². The number of rotatable bonds is 3. The van der Waals surface area contributed by atoms with E-state index in [1.807, 2.05) is 30.3 Å². The molecule has 0 saturated carbocycles. The number of hydrogen-bond acceptors (Lipinski definition) is 3. The molecule has 2 N–H and O–H groups in total. The van der Waals surface area contributed by atoms with Crippen molar-refractivity contribution in [1.29, 1.82) is 0 Å². The molecule has 25 heavy (non-hydrogen) atoms. The summed E-state index contributed by atoms with van der Waals surface area (Å²) in [6, 6.07) is 14.8. The minimum absolute atomic E-state index is 0.145. The molecule has 2 aromatic carbocycles. The smallest absolute Gasteiger partial charge is 0.270 e. The van der Waals surface area contributed by atoms with Gasteiger partial charge >= 0.3 is 0 Å². The average molecular weight is 337 g/mol. The third-order valence-corrected chi connectivity index (χ3v) is 3.67. The van der Waals surface area contributed by atoms with Crippen LogP contribution in [0.2, 0.25) is 0 Å². The van der Waals surface area contributed by atoms with E-state index < -0.39 is 11.7 Å². The summed E-state index contributed by atoms with van der Waals surface area (Å²) in [6.07, 6.45) is 0.145. The Morgan fingerprint density at radius 2 is 1.80 bits per heavy atom. The maximum Gasteiger partial charge on any atom is 0.270 e. The second-order valence-electron chi connectivity index (χ2n) is 5.64. The average Bonchev–Trinajstić information content (AvgIpc) is 2.60. The van der Waals surface area contributed by atoms with Crippen molar-refractivity contribution in [2.75, 3.05) is 0 Å². The standard InChI is InChI=1S/C19H16FN3O2/c1-12-9-16(15-11-14(20)7-8-17(15)21-12)19(25)23-22-18(24)10-13-5-3-2-4-6-13/h2-9,11H,10H2,1H3,(H,22,24)(H,23,25). The van der Waals surface area contributed by atoms with Gasteiger partial charge in [0, 0.05) is 11.1 Å². The van der Waals surface area contributed by atoms with Crippen LogP contribution in [-0.2, 0) is 11.2 Å². The fourth-order valence-corrected chi connectivity index (χ4v) is 2.54. The largest absolute Gasteiger partial charge is 0.273 e. The molecule has 0 spiro atoms. The number of halogens is 1. The van der Waals surface area contributed by atoms with Crippen LogP contribution in [0.15, 0.2) is 54.6 Å². The second-order valence-corrected chi connectivity index (χ2v) is 5.64. The van der Waals surface area contributed by atoms with E-state index in [0.29, 0.717) is 16.6 Å². The molecule has 0 unspecified atom stereocenters. The summed E-state index contributed by atoms with van der Waals surface area (Å²) in [5, 5.41) is 0.389. The number of carbonyl (C=O) groups excluding carboxylic acids is 2. The van der Waals surface area contributed by atoms with Crippen LogP contribution in [-0.4, -0.2) is 16.8 Å². The van der Waals surface area contributed by atoms with Crippen molar-refractivity contribution in [3.63, 3.8) is 0 Å². The van der Waals surface area contributed by atoms with Crippen molar-refractivity contribution in [3.8, 4) is 0 Å². The van der Waals surface area contributed by atoms with Crippen molar-refractivity contribution in [3.05, 3.63) is 77.2 Å². The van der Waals surface area contributed by atoms with E-state index in [4.69, 9.17) is 0 Å². The molecule has 2 amide bonds. The number of carbonyl (C=O) groups is 2. The van der Waals surface area contributed by atoms with Crippen LogP contribution in [0, 0.1) is 12.7 Å². The van der Waals surface area contributed by atoms with Gasteiger partial charge in [0.2, 0.25) is 5.91 Å². The molecule has 0 atom stereocenters. The third-order valence-electron chi connectivity index (χ3n) is 3.67. The molecule has 0 radical (unpaired) electrons. The lowest BCUT2D eigenvalue weighted by Gasteiger charge is -2.10. The Morgan fingerprint density at radius 3 is 2.56 bits per heavy atom. The molecule has 0 aliphatic heterocycles. The lowest BCUT2D eigenvalue weighted by Crippen LogP contribution is -2.42. The van der Waals surface area contributed by atoms with Crippen molar-refractivity contribution in [2.45, 2.75) is 13.3 Å². The molecule has 0 aliphatic carbocycles. The molecule has 3 rings (SSSR count). The topological polar surface area (TPSA) is 71.1 Å². The zero-order valence-electron chi connectivity index (χ0n) is 13.5. The number of hydrazine groups is 1. The minimum Gasteiger partial charge on any atom is -0.273 e. The SMILES string of the molecule is Cc1cc(C(=O)NNC(=O)Cc2ccccc2)c2cc(F)ccc2n1. The van der Waals surface area contributed by atoms with Crippen LogP contribution in [0.4, 0.5) is 4.39 Å². The number of pyridine rings is 1. The van der Waals surface area contributed by atoms with E-state index in [2.05, 4.69) is 15.8 Å². The predicted octanol–water partition coefficient (Wildman–Crippen LogP) is 2.69. The number of nitrogens with one attached hydrogen (secondary N) is 2. The van der Waals surface area contributed by atoms with Crippen LogP contribution < -0.4 is 10.9 Å². The number of benzene rings is 2. The summed E-state index contributed by atoms with van der Waals surface area (Å²) in [7, 11) is 0. The number of nitrogens with zero attached hydrogens (tertiary/aromatic N) is 1.